The lowest BCUT2D eigenvalue weighted by molar-refractivity contribution is -0.117. The SMILES string of the molecule is Cc1ccc(N)cc1NC(=O)CN(C)CCN(C)C. The predicted molar refractivity (Wildman–Crippen MR) is 80.3 cm³/mol. The lowest BCUT2D eigenvalue weighted by Gasteiger charge is -2.19. The van der Waals surface area contributed by atoms with Gasteiger partial charge in [-0.3, -0.25) is 9.69 Å². The first kappa shape index (κ1) is 15.5. The van der Waals surface area contributed by atoms with E-state index < -0.39 is 0 Å². The molecule has 0 aromatic heterocycles. The fourth-order valence-corrected chi connectivity index (χ4v) is 1.66. The average Bonchev–Trinajstić information content (AvgIpc) is 2.31. The molecule has 1 aromatic carbocycles. The van der Waals surface area contributed by atoms with Crippen molar-refractivity contribution in [1.82, 2.24) is 9.80 Å². The highest BCUT2D eigenvalue weighted by molar-refractivity contribution is 5.93. The van der Waals surface area contributed by atoms with Crippen LogP contribution in [0.3, 0.4) is 0 Å². The molecule has 0 aliphatic rings. The van der Waals surface area contributed by atoms with E-state index in [0.717, 1.165) is 24.3 Å². The Morgan fingerprint density at radius 1 is 1.26 bits per heavy atom. The maximum Gasteiger partial charge on any atom is 0.238 e. The maximum atomic E-state index is 11.9. The zero-order valence-electron chi connectivity index (χ0n) is 12.2. The zero-order chi connectivity index (χ0) is 14.4. The van der Waals surface area contributed by atoms with E-state index in [4.69, 9.17) is 5.73 Å². The summed E-state index contributed by atoms with van der Waals surface area (Å²) < 4.78 is 0. The van der Waals surface area contributed by atoms with Crippen molar-refractivity contribution in [3.8, 4) is 0 Å². The molecular weight excluding hydrogens is 240 g/mol. The summed E-state index contributed by atoms with van der Waals surface area (Å²) in [6.07, 6.45) is 0. The Morgan fingerprint density at radius 3 is 2.58 bits per heavy atom. The van der Waals surface area contributed by atoms with Crippen molar-refractivity contribution >= 4 is 17.3 Å². The van der Waals surface area contributed by atoms with E-state index in [1.54, 1.807) is 6.07 Å². The van der Waals surface area contributed by atoms with E-state index in [-0.39, 0.29) is 5.91 Å². The van der Waals surface area contributed by atoms with Crippen LogP contribution in [0.25, 0.3) is 0 Å². The van der Waals surface area contributed by atoms with E-state index in [0.29, 0.717) is 12.2 Å². The third kappa shape index (κ3) is 5.72. The molecule has 1 rings (SSSR count). The van der Waals surface area contributed by atoms with Gasteiger partial charge in [-0.25, -0.2) is 0 Å². The molecule has 0 heterocycles. The lowest BCUT2D eigenvalue weighted by atomic mass is 10.2. The number of carbonyl (C=O) groups excluding carboxylic acids is 1. The number of benzene rings is 1. The Balaban J connectivity index is 2.48. The normalized spacial score (nSPS) is 11.1. The van der Waals surface area contributed by atoms with Crippen LogP contribution in [0.2, 0.25) is 0 Å². The van der Waals surface area contributed by atoms with Crippen molar-refractivity contribution in [2.45, 2.75) is 6.92 Å². The Morgan fingerprint density at radius 2 is 1.95 bits per heavy atom. The number of carbonyl (C=O) groups is 1. The summed E-state index contributed by atoms with van der Waals surface area (Å²) in [5.74, 6) is -0.0186. The summed E-state index contributed by atoms with van der Waals surface area (Å²) in [5, 5.41) is 2.90. The number of rotatable bonds is 6. The Bertz CT molecular complexity index is 431. The molecule has 0 unspecified atom stereocenters. The summed E-state index contributed by atoms with van der Waals surface area (Å²) in [6, 6.07) is 5.52. The van der Waals surface area contributed by atoms with Crippen molar-refractivity contribution in [3.05, 3.63) is 23.8 Å². The van der Waals surface area contributed by atoms with Crippen LogP contribution in [-0.4, -0.2) is 56.5 Å². The fraction of sp³-hybridized carbons (Fsp3) is 0.500. The Hall–Kier alpha value is -1.59. The number of nitrogen functional groups attached to an aromatic ring is 1. The number of aryl methyl sites for hydroxylation is 1. The summed E-state index contributed by atoms with van der Waals surface area (Å²) in [4.78, 5) is 16.0. The highest BCUT2D eigenvalue weighted by Crippen LogP contribution is 2.17. The molecule has 0 aliphatic heterocycles. The van der Waals surface area contributed by atoms with Gasteiger partial charge in [0.25, 0.3) is 0 Å². The fourth-order valence-electron chi connectivity index (χ4n) is 1.66. The van der Waals surface area contributed by atoms with Gasteiger partial charge >= 0.3 is 0 Å². The number of nitrogens with one attached hydrogen (secondary N) is 1. The first-order valence-corrected chi connectivity index (χ1v) is 6.37. The van der Waals surface area contributed by atoms with E-state index in [1.807, 2.05) is 45.1 Å². The molecular formula is C14H24N4O. The average molecular weight is 264 g/mol. The van der Waals surface area contributed by atoms with Crippen LogP contribution < -0.4 is 11.1 Å². The summed E-state index contributed by atoms with van der Waals surface area (Å²) in [7, 11) is 5.98. The molecule has 0 fully saturated rings. The highest BCUT2D eigenvalue weighted by atomic mass is 16.2. The van der Waals surface area contributed by atoms with Crippen LogP contribution in [0.1, 0.15) is 5.56 Å². The minimum Gasteiger partial charge on any atom is -0.399 e. The van der Waals surface area contributed by atoms with Crippen LogP contribution in [0.5, 0.6) is 0 Å². The number of nitrogens with two attached hydrogens (primary N) is 1. The monoisotopic (exact) mass is 264 g/mol. The van der Waals surface area contributed by atoms with Gasteiger partial charge in [0.15, 0.2) is 0 Å². The predicted octanol–water partition coefficient (Wildman–Crippen LogP) is 1.01. The van der Waals surface area contributed by atoms with E-state index in [9.17, 15) is 4.79 Å². The first-order chi connectivity index (χ1) is 8.88. The van der Waals surface area contributed by atoms with Crippen LogP contribution in [-0.2, 0) is 4.79 Å². The molecule has 5 heteroatoms. The van der Waals surface area contributed by atoms with Gasteiger partial charge in [0.2, 0.25) is 5.91 Å². The van der Waals surface area contributed by atoms with Crippen molar-refractivity contribution < 1.29 is 4.79 Å². The minimum absolute atomic E-state index is 0.0186. The van der Waals surface area contributed by atoms with Gasteiger partial charge in [-0.1, -0.05) is 6.07 Å². The van der Waals surface area contributed by atoms with Gasteiger partial charge in [-0.2, -0.15) is 0 Å². The molecule has 0 saturated heterocycles. The third-order valence-electron chi connectivity index (χ3n) is 2.88. The molecule has 0 spiro atoms. The van der Waals surface area contributed by atoms with Crippen LogP contribution in [0.4, 0.5) is 11.4 Å². The lowest BCUT2D eigenvalue weighted by Crippen LogP contribution is -2.35. The van der Waals surface area contributed by atoms with E-state index >= 15 is 0 Å². The molecule has 0 atom stereocenters. The van der Waals surface area contributed by atoms with E-state index in [1.165, 1.54) is 0 Å². The Labute approximate surface area is 115 Å². The molecule has 0 aliphatic carbocycles. The second-order valence-corrected chi connectivity index (χ2v) is 5.16. The standard InChI is InChI=1S/C14H24N4O/c1-11-5-6-12(15)9-13(11)16-14(19)10-18(4)8-7-17(2)3/h5-6,9H,7-8,10,15H2,1-4H3,(H,16,19). The van der Waals surface area contributed by atoms with Crippen molar-refractivity contribution in [2.24, 2.45) is 0 Å². The topological polar surface area (TPSA) is 61.6 Å². The molecule has 106 valence electrons. The molecule has 5 nitrogen and oxygen atoms in total. The van der Waals surface area contributed by atoms with Crippen molar-refractivity contribution in [3.63, 3.8) is 0 Å². The summed E-state index contributed by atoms with van der Waals surface area (Å²) in [5.41, 5.74) is 8.17. The van der Waals surface area contributed by atoms with Crippen LogP contribution >= 0.6 is 0 Å². The molecule has 0 bridgehead atoms. The largest absolute Gasteiger partial charge is 0.399 e. The van der Waals surface area contributed by atoms with Gasteiger partial charge in [-0.05, 0) is 45.8 Å². The number of anilines is 2. The summed E-state index contributed by atoms with van der Waals surface area (Å²) >= 11 is 0. The van der Waals surface area contributed by atoms with E-state index in [2.05, 4.69) is 10.2 Å². The number of hydrogen-bond acceptors (Lipinski definition) is 4. The number of nitrogens with zero attached hydrogens (tertiary/aromatic N) is 2. The molecule has 1 amide bonds. The maximum absolute atomic E-state index is 11.9. The Kier molecular flexibility index (Phi) is 5.79. The van der Waals surface area contributed by atoms with Crippen LogP contribution in [0.15, 0.2) is 18.2 Å². The van der Waals surface area contributed by atoms with Gasteiger partial charge in [0, 0.05) is 24.5 Å². The first-order valence-electron chi connectivity index (χ1n) is 6.37. The third-order valence-corrected chi connectivity index (χ3v) is 2.88. The highest BCUT2D eigenvalue weighted by Gasteiger charge is 2.08. The van der Waals surface area contributed by atoms with Gasteiger partial charge < -0.3 is 16.0 Å². The molecule has 3 N–H and O–H groups in total. The number of hydrogen-bond donors (Lipinski definition) is 2. The minimum atomic E-state index is -0.0186. The van der Waals surface area contributed by atoms with Crippen molar-refractivity contribution in [2.75, 3.05) is 51.8 Å². The smallest absolute Gasteiger partial charge is 0.238 e. The van der Waals surface area contributed by atoms with Crippen LogP contribution in [0, 0.1) is 6.92 Å². The van der Waals surface area contributed by atoms with Gasteiger partial charge in [0.1, 0.15) is 0 Å². The van der Waals surface area contributed by atoms with Gasteiger partial charge in [0.05, 0.1) is 6.54 Å². The van der Waals surface area contributed by atoms with Crippen molar-refractivity contribution in [1.29, 1.82) is 0 Å². The second-order valence-electron chi connectivity index (χ2n) is 5.16. The number of amides is 1. The summed E-state index contributed by atoms with van der Waals surface area (Å²) in [6.45, 7) is 4.12. The molecule has 0 saturated carbocycles. The molecule has 19 heavy (non-hydrogen) atoms. The quantitative estimate of drug-likeness (QED) is 0.753. The number of likely N-dealkylation sites (N-methyl/N-ethyl adjacent to an activating group) is 2. The zero-order valence-corrected chi connectivity index (χ0v) is 12.2. The molecule has 0 radical (unpaired) electrons. The molecule has 1 aromatic rings. The second kappa shape index (κ2) is 7.11. The van der Waals surface area contributed by atoms with Gasteiger partial charge in [-0.15, -0.1) is 0 Å².